The average molecular weight is 376 g/mol. The number of hydrogen-bond donors (Lipinski definition) is 3. The third-order valence-corrected chi connectivity index (χ3v) is 5.21. The van der Waals surface area contributed by atoms with Crippen LogP contribution in [-0.2, 0) is 10.3 Å². The Morgan fingerprint density at radius 3 is 2.41 bits per heavy atom. The van der Waals surface area contributed by atoms with E-state index in [9.17, 15) is 4.79 Å². The van der Waals surface area contributed by atoms with Gasteiger partial charge in [-0.3, -0.25) is 15.1 Å². The lowest BCUT2D eigenvalue weighted by molar-refractivity contribution is -0.129. The van der Waals surface area contributed by atoms with Gasteiger partial charge < -0.3 is 5.32 Å². The number of benzene rings is 2. The molecule has 0 radical (unpaired) electrons. The van der Waals surface area contributed by atoms with Crippen molar-refractivity contribution >= 4 is 40.4 Å². The summed E-state index contributed by atoms with van der Waals surface area (Å²) in [6.07, 6.45) is 0. The third-order valence-electron chi connectivity index (χ3n) is 3.85. The van der Waals surface area contributed by atoms with Crippen LogP contribution >= 0.6 is 28.6 Å². The number of thiol groups is 1. The Morgan fingerprint density at radius 2 is 1.86 bits per heavy atom. The van der Waals surface area contributed by atoms with E-state index in [0.29, 0.717) is 0 Å². The summed E-state index contributed by atoms with van der Waals surface area (Å²) < 4.78 is 0.805. The molecule has 1 heterocycles. The topological polar surface area (TPSA) is 56.2 Å². The van der Waals surface area contributed by atoms with Gasteiger partial charge in [0.25, 0.3) is 5.91 Å². The van der Waals surface area contributed by atoms with Crippen molar-refractivity contribution in [3.8, 4) is 0 Å². The quantitative estimate of drug-likeness (QED) is 0.706. The van der Waals surface area contributed by atoms with Crippen LogP contribution in [0.25, 0.3) is 0 Å². The van der Waals surface area contributed by atoms with Crippen LogP contribution in [0.3, 0.4) is 0 Å². The van der Waals surface area contributed by atoms with Crippen LogP contribution in [0, 0.1) is 5.41 Å². The highest BCUT2D eigenvalue weighted by atomic mass is 79.9. The molecule has 0 aliphatic carbocycles. The first kappa shape index (κ1) is 15.1. The van der Waals surface area contributed by atoms with Crippen LogP contribution in [0.2, 0.25) is 0 Å². The maximum atomic E-state index is 12.9. The predicted octanol–water partition coefficient (Wildman–Crippen LogP) is 2.98. The molecule has 1 unspecified atom stereocenters. The van der Waals surface area contributed by atoms with E-state index >= 15 is 0 Å². The van der Waals surface area contributed by atoms with E-state index in [4.69, 9.17) is 5.41 Å². The lowest BCUT2D eigenvalue weighted by Gasteiger charge is -2.28. The summed E-state index contributed by atoms with van der Waals surface area (Å²) in [7, 11) is 1.60. The Hall–Kier alpha value is -1.79. The first-order valence-electron chi connectivity index (χ1n) is 6.66. The molecule has 3 rings (SSSR count). The summed E-state index contributed by atoms with van der Waals surface area (Å²) in [5.41, 5.74) is 0.479. The minimum atomic E-state index is -1.09. The predicted molar refractivity (Wildman–Crippen MR) is 92.2 cm³/mol. The number of nitrogens with zero attached hydrogens (tertiary/aromatic N) is 1. The molecule has 22 heavy (non-hydrogen) atoms. The fourth-order valence-corrected chi connectivity index (χ4v) is 3.17. The Labute approximate surface area is 142 Å². The molecule has 0 spiro atoms. The van der Waals surface area contributed by atoms with E-state index in [1.807, 2.05) is 48.5 Å². The number of guanidine groups is 1. The van der Waals surface area contributed by atoms with Gasteiger partial charge in [0.05, 0.1) is 0 Å². The van der Waals surface area contributed by atoms with Gasteiger partial charge in [0.2, 0.25) is 0 Å². The van der Waals surface area contributed by atoms with Gasteiger partial charge in [-0.25, -0.2) is 0 Å². The number of hydrogen-bond acceptors (Lipinski definition) is 3. The molecule has 0 saturated carbocycles. The van der Waals surface area contributed by atoms with E-state index in [2.05, 4.69) is 33.9 Å². The Bertz CT molecular complexity index is 765. The van der Waals surface area contributed by atoms with E-state index in [1.165, 1.54) is 4.90 Å². The summed E-state index contributed by atoms with van der Waals surface area (Å²) in [5.74, 6) is -0.0950. The summed E-state index contributed by atoms with van der Waals surface area (Å²) in [6.45, 7) is 0. The van der Waals surface area contributed by atoms with Crippen molar-refractivity contribution in [3.63, 3.8) is 0 Å². The fraction of sp³-hybridized carbons (Fsp3) is 0.125. The molecule has 0 bridgehead atoms. The zero-order valence-electron chi connectivity index (χ0n) is 11.8. The van der Waals surface area contributed by atoms with Gasteiger partial charge in [-0.15, -0.1) is 12.6 Å². The number of carbonyl (C=O) groups is 1. The summed E-state index contributed by atoms with van der Waals surface area (Å²) >= 11 is 7.81. The summed E-state index contributed by atoms with van der Waals surface area (Å²) in [4.78, 5) is 15.0. The second-order valence-electron chi connectivity index (χ2n) is 5.12. The Balaban J connectivity index is 2.27. The molecule has 2 aromatic rings. The molecule has 1 aliphatic rings. The van der Waals surface area contributed by atoms with Gasteiger partial charge in [0.15, 0.2) is 11.5 Å². The number of amides is 1. The van der Waals surface area contributed by atoms with Crippen LogP contribution in [0.4, 0.5) is 0 Å². The lowest BCUT2D eigenvalue weighted by Crippen LogP contribution is -2.45. The third kappa shape index (κ3) is 2.14. The van der Waals surface area contributed by atoms with Crippen LogP contribution < -0.4 is 5.32 Å². The van der Waals surface area contributed by atoms with Crippen molar-refractivity contribution in [2.75, 3.05) is 7.05 Å². The number of likely N-dealkylation sites (N-methyl/N-ethyl adjacent to an activating group) is 1. The van der Waals surface area contributed by atoms with Crippen molar-refractivity contribution in [1.82, 2.24) is 10.2 Å². The largest absolute Gasteiger partial charge is 0.334 e. The highest BCUT2D eigenvalue weighted by molar-refractivity contribution is 9.10. The number of carbonyl (C=O) groups excluding carboxylic acids is 1. The molecule has 112 valence electrons. The number of rotatable bonds is 2. The second kappa shape index (κ2) is 5.44. The van der Waals surface area contributed by atoms with Crippen LogP contribution in [0.5, 0.6) is 0 Å². The Morgan fingerprint density at radius 1 is 1.18 bits per heavy atom. The average Bonchev–Trinajstić information content (AvgIpc) is 2.76. The maximum Gasteiger partial charge on any atom is 0.264 e. The van der Waals surface area contributed by atoms with Crippen molar-refractivity contribution in [3.05, 3.63) is 64.1 Å². The minimum Gasteiger partial charge on any atom is -0.334 e. The normalized spacial score (nSPS) is 21.1. The van der Waals surface area contributed by atoms with Gasteiger partial charge in [-0.1, -0.05) is 36.4 Å². The zero-order valence-corrected chi connectivity index (χ0v) is 14.3. The Kier molecular flexibility index (Phi) is 3.74. The molecule has 1 amide bonds. The smallest absolute Gasteiger partial charge is 0.264 e. The highest BCUT2D eigenvalue weighted by Gasteiger charge is 2.51. The van der Waals surface area contributed by atoms with Gasteiger partial charge in [-0.2, -0.15) is 0 Å². The molecule has 1 atom stereocenters. The van der Waals surface area contributed by atoms with Gasteiger partial charge in [0.1, 0.15) is 0 Å². The number of nitrogens with one attached hydrogen (secondary N) is 2. The van der Waals surface area contributed by atoms with Crippen LogP contribution in [0.15, 0.2) is 57.9 Å². The fourth-order valence-electron chi connectivity index (χ4n) is 2.65. The SMILES string of the molecule is CN1C(=N)NC(c2ccccc2)(c2ccc(S)c(Br)c2)C1=O. The monoisotopic (exact) mass is 375 g/mol. The molecule has 6 heteroatoms. The standard InChI is InChI=1S/C16H14BrN3OS/c1-20-14(21)16(19-15(20)18,10-5-3-2-4-6-10)11-7-8-13(22)12(17)9-11/h2-9,22H,1H3,(H2,18,19). The van der Waals surface area contributed by atoms with E-state index < -0.39 is 5.54 Å². The van der Waals surface area contributed by atoms with Gasteiger partial charge in [-0.05, 0) is 39.2 Å². The van der Waals surface area contributed by atoms with Crippen molar-refractivity contribution in [2.45, 2.75) is 10.4 Å². The lowest BCUT2D eigenvalue weighted by atomic mass is 9.83. The molecular weight excluding hydrogens is 362 g/mol. The number of halogens is 1. The first-order chi connectivity index (χ1) is 10.5. The van der Waals surface area contributed by atoms with Crippen molar-refractivity contribution < 1.29 is 4.79 Å². The molecule has 1 fully saturated rings. The molecule has 2 aromatic carbocycles. The molecule has 4 nitrogen and oxygen atoms in total. The van der Waals surface area contributed by atoms with E-state index in [-0.39, 0.29) is 11.9 Å². The molecule has 2 N–H and O–H groups in total. The van der Waals surface area contributed by atoms with E-state index in [1.54, 1.807) is 7.05 Å². The first-order valence-corrected chi connectivity index (χ1v) is 7.90. The second-order valence-corrected chi connectivity index (χ2v) is 6.46. The minimum absolute atomic E-state index is 0.0833. The highest BCUT2D eigenvalue weighted by Crippen LogP contribution is 2.37. The molecule has 0 aromatic heterocycles. The van der Waals surface area contributed by atoms with Crippen LogP contribution in [0.1, 0.15) is 11.1 Å². The van der Waals surface area contributed by atoms with Gasteiger partial charge in [0, 0.05) is 16.4 Å². The van der Waals surface area contributed by atoms with Crippen molar-refractivity contribution in [1.29, 1.82) is 5.41 Å². The molecule has 1 aliphatic heterocycles. The maximum absolute atomic E-state index is 12.9. The summed E-state index contributed by atoms with van der Waals surface area (Å²) in [5, 5.41) is 11.1. The van der Waals surface area contributed by atoms with Crippen LogP contribution in [-0.4, -0.2) is 23.8 Å². The zero-order chi connectivity index (χ0) is 15.9. The summed E-state index contributed by atoms with van der Waals surface area (Å²) in [6, 6.07) is 15.0. The van der Waals surface area contributed by atoms with E-state index in [0.717, 1.165) is 20.5 Å². The molecule has 1 saturated heterocycles. The van der Waals surface area contributed by atoms with Crippen molar-refractivity contribution in [2.24, 2.45) is 0 Å². The van der Waals surface area contributed by atoms with Gasteiger partial charge >= 0.3 is 0 Å². The molecular formula is C16H14BrN3OS.